The summed E-state index contributed by atoms with van der Waals surface area (Å²) in [4.78, 5) is 14.8. The molecule has 0 atom stereocenters. The van der Waals surface area contributed by atoms with E-state index >= 15 is 0 Å². The van der Waals surface area contributed by atoms with Gasteiger partial charge in [-0.3, -0.25) is 9.29 Å². The summed E-state index contributed by atoms with van der Waals surface area (Å²) in [5.41, 5.74) is 5.98. The van der Waals surface area contributed by atoms with Gasteiger partial charge in [0.1, 0.15) is 0 Å². The molecule has 0 aliphatic rings. The number of nitrogen functional groups attached to an aromatic ring is 1. The van der Waals surface area contributed by atoms with Crippen LogP contribution in [0.3, 0.4) is 0 Å². The van der Waals surface area contributed by atoms with Crippen molar-refractivity contribution < 1.29 is 17.9 Å². The summed E-state index contributed by atoms with van der Waals surface area (Å²) in [5, 5.41) is 0. The molecule has 8 nitrogen and oxygen atoms in total. The van der Waals surface area contributed by atoms with E-state index in [1.807, 2.05) is 0 Å². The van der Waals surface area contributed by atoms with E-state index in [9.17, 15) is 13.2 Å². The minimum Gasteiger partial charge on any atom is -0.449 e. The third-order valence-electron chi connectivity index (χ3n) is 2.02. The molecule has 1 amide bonds. The molecule has 0 aliphatic heterocycles. The van der Waals surface area contributed by atoms with Crippen molar-refractivity contribution in [3.05, 3.63) is 18.5 Å². The number of hydrogen-bond acceptors (Lipinski definition) is 6. The second-order valence-corrected chi connectivity index (χ2v) is 4.93. The molecular formula is C9H14N4O4S. The van der Waals surface area contributed by atoms with Crippen LogP contribution in [0.15, 0.2) is 18.5 Å². The molecule has 0 fully saturated rings. The lowest BCUT2D eigenvalue weighted by Crippen LogP contribution is -2.42. The predicted molar refractivity (Wildman–Crippen MR) is 66.1 cm³/mol. The Balaban J connectivity index is 2.93. The fraction of sp³-hybridized carbons (Fsp3) is 0.333. The highest BCUT2D eigenvalue weighted by molar-refractivity contribution is 7.91. The summed E-state index contributed by atoms with van der Waals surface area (Å²) < 4.78 is 30.7. The predicted octanol–water partition coefficient (Wildman–Crippen LogP) is 0.0909. The van der Waals surface area contributed by atoms with Crippen molar-refractivity contribution in [3.8, 4) is 0 Å². The van der Waals surface area contributed by atoms with Gasteiger partial charge in [0.05, 0.1) is 24.2 Å². The zero-order chi connectivity index (χ0) is 13.8. The maximum Gasteiger partial charge on any atom is 0.422 e. The Morgan fingerprint density at radius 2 is 2.28 bits per heavy atom. The highest BCUT2D eigenvalue weighted by atomic mass is 32.2. The van der Waals surface area contributed by atoms with Crippen molar-refractivity contribution in [1.82, 2.24) is 9.71 Å². The highest BCUT2D eigenvalue weighted by Gasteiger charge is 2.23. The van der Waals surface area contributed by atoms with Crippen LogP contribution in [0, 0.1) is 0 Å². The average Bonchev–Trinajstić information content (AvgIpc) is 2.28. The Kier molecular flexibility index (Phi) is 4.32. The van der Waals surface area contributed by atoms with Crippen molar-refractivity contribution in [2.45, 2.75) is 6.92 Å². The number of carbonyl (C=O) groups excluding carboxylic acids is 1. The van der Waals surface area contributed by atoms with Gasteiger partial charge in [-0.25, -0.2) is 9.52 Å². The number of pyridine rings is 1. The third-order valence-corrected chi connectivity index (χ3v) is 3.36. The molecule has 0 aromatic carbocycles. The first-order valence-corrected chi connectivity index (χ1v) is 6.45. The Morgan fingerprint density at radius 1 is 1.61 bits per heavy atom. The van der Waals surface area contributed by atoms with Crippen LogP contribution in [-0.4, -0.2) is 33.1 Å². The van der Waals surface area contributed by atoms with E-state index in [-0.39, 0.29) is 18.0 Å². The number of carbonyl (C=O) groups is 1. The first-order chi connectivity index (χ1) is 8.38. The minimum absolute atomic E-state index is 0.0719. The van der Waals surface area contributed by atoms with E-state index in [1.54, 1.807) is 11.6 Å². The quantitative estimate of drug-likeness (QED) is 0.804. The lowest BCUT2D eigenvalue weighted by atomic mass is 10.3. The molecule has 0 saturated carbocycles. The molecule has 0 aliphatic carbocycles. The number of amides is 1. The van der Waals surface area contributed by atoms with Crippen LogP contribution in [0.4, 0.5) is 16.2 Å². The van der Waals surface area contributed by atoms with Crippen LogP contribution >= 0.6 is 0 Å². The zero-order valence-electron chi connectivity index (χ0n) is 9.95. The van der Waals surface area contributed by atoms with Crippen LogP contribution < -0.4 is 14.8 Å². The van der Waals surface area contributed by atoms with E-state index in [1.165, 1.54) is 25.5 Å². The lowest BCUT2D eigenvalue weighted by molar-refractivity contribution is 0.158. The van der Waals surface area contributed by atoms with E-state index < -0.39 is 16.3 Å². The number of nitrogens with one attached hydrogen (secondary N) is 1. The summed E-state index contributed by atoms with van der Waals surface area (Å²) >= 11 is 0. The van der Waals surface area contributed by atoms with Gasteiger partial charge in [-0.1, -0.05) is 0 Å². The van der Waals surface area contributed by atoms with Crippen LogP contribution in [-0.2, 0) is 14.9 Å². The first kappa shape index (κ1) is 14.0. The number of nitrogens with two attached hydrogens (primary N) is 1. The lowest BCUT2D eigenvalue weighted by Gasteiger charge is -2.20. The van der Waals surface area contributed by atoms with Gasteiger partial charge in [0.2, 0.25) is 0 Å². The summed E-state index contributed by atoms with van der Waals surface area (Å²) in [5.74, 6) is 0. The SMILES string of the molecule is CCOC(=O)NS(=O)(=O)N(C)c1ccncc1N. The summed E-state index contributed by atoms with van der Waals surface area (Å²) in [7, 11) is -2.80. The Labute approximate surface area is 105 Å². The third kappa shape index (κ3) is 3.23. The molecule has 0 spiro atoms. The first-order valence-electron chi connectivity index (χ1n) is 5.01. The molecule has 9 heteroatoms. The fourth-order valence-electron chi connectivity index (χ4n) is 1.15. The molecule has 1 rings (SSSR count). The van der Waals surface area contributed by atoms with Crippen molar-refractivity contribution in [2.75, 3.05) is 23.7 Å². The summed E-state index contributed by atoms with van der Waals surface area (Å²) in [6.45, 7) is 1.64. The molecule has 0 radical (unpaired) electrons. The van der Waals surface area contributed by atoms with E-state index in [4.69, 9.17) is 5.73 Å². The van der Waals surface area contributed by atoms with Crippen molar-refractivity contribution in [1.29, 1.82) is 0 Å². The molecule has 0 unspecified atom stereocenters. The number of aromatic nitrogens is 1. The number of anilines is 2. The van der Waals surface area contributed by atoms with Gasteiger partial charge in [0.25, 0.3) is 0 Å². The number of rotatable bonds is 4. The molecule has 0 bridgehead atoms. The smallest absolute Gasteiger partial charge is 0.422 e. The molecule has 18 heavy (non-hydrogen) atoms. The Hall–Kier alpha value is -2.03. The number of hydrogen-bond donors (Lipinski definition) is 2. The Bertz CT molecular complexity index is 531. The number of nitrogens with zero attached hydrogens (tertiary/aromatic N) is 2. The van der Waals surface area contributed by atoms with Crippen molar-refractivity contribution >= 4 is 27.7 Å². The second kappa shape index (κ2) is 5.54. The molecule has 1 heterocycles. The van der Waals surface area contributed by atoms with Gasteiger partial charge in [-0.15, -0.1) is 0 Å². The normalized spacial score (nSPS) is 10.8. The minimum atomic E-state index is -4.06. The van der Waals surface area contributed by atoms with Crippen LogP contribution in [0.2, 0.25) is 0 Å². The molecular weight excluding hydrogens is 260 g/mol. The highest BCUT2D eigenvalue weighted by Crippen LogP contribution is 2.21. The fourth-order valence-corrected chi connectivity index (χ4v) is 1.98. The molecule has 1 aromatic rings. The summed E-state index contributed by atoms with van der Waals surface area (Å²) in [6.07, 6.45) is 1.66. The van der Waals surface area contributed by atoms with Gasteiger partial charge in [-0.2, -0.15) is 8.42 Å². The van der Waals surface area contributed by atoms with Crippen molar-refractivity contribution in [2.24, 2.45) is 0 Å². The van der Waals surface area contributed by atoms with E-state index in [0.29, 0.717) is 0 Å². The van der Waals surface area contributed by atoms with Gasteiger partial charge in [0, 0.05) is 13.2 Å². The zero-order valence-corrected chi connectivity index (χ0v) is 10.8. The van der Waals surface area contributed by atoms with Crippen LogP contribution in [0.1, 0.15) is 6.92 Å². The topological polar surface area (TPSA) is 115 Å². The van der Waals surface area contributed by atoms with Gasteiger partial charge in [-0.05, 0) is 13.0 Å². The number of ether oxygens (including phenoxy) is 1. The van der Waals surface area contributed by atoms with Gasteiger partial charge < -0.3 is 10.5 Å². The average molecular weight is 274 g/mol. The molecule has 1 aromatic heterocycles. The largest absolute Gasteiger partial charge is 0.449 e. The Morgan fingerprint density at radius 3 is 2.83 bits per heavy atom. The van der Waals surface area contributed by atoms with E-state index in [0.717, 1.165) is 4.31 Å². The maximum absolute atomic E-state index is 11.8. The maximum atomic E-state index is 11.8. The summed E-state index contributed by atoms with van der Waals surface area (Å²) in [6, 6.07) is 1.42. The van der Waals surface area contributed by atoms with Gasteiger partial charge in [0.15, 0.2) is 0 Å². The molecule has 0 saturated heterocycles. The van der Waals surface area contributed by atoms with E-state index in [2.05, 4.69) is 9.72 Å². The van der Waals surface area contributed by atoms with Gasteiger partial charge >= 0.3 is 16.3 Å². The standard InChI is InChI=1S/C9H14N4O4S/c1-3-17-9(14)12-18(15,16)13(2)8-4-5-11-6-7(8)10/h4-6H,3,10H2,1-2H3,(H,12,14). The monoisotopic (exact) mass is 274 g/mol. The van der Waals surface area contributed by atoms with Crippen LogP contribution in [0.25, 0.3) is 0 Å². The molecule has 3 N–H and O–H groups in total. The molecule has 100 valence electrons. The van der Waals surface area contributed by atoms with Crippen LogP contribution in [0.5, 0.6) is 0 Å². The van der Waals surface area contributed by atoms with Crippen molar-refractivity contribution in [3.63, 3.8) is 0 Å². The second-order valence-electron chi connectivity index (χ2n) is 3.23.